The average Bonchev–Trinajstić information content (AvgIpc) is 2.56. The Kier molecular flexibility index (Phi) is 5.04. The first kappa shape index (κ1) is 16.8. The lowest BCUT2D eigenvalue weighted by Crippen LogP contribution is -1.86. The standard InChI is InChI=1S/C8H4Cl2N2.C8H4ClFN2/c9-7-3-1-5-6(12-7)2-4-8(10)11-5;9-7-3-1-6-5(11-7)2-4-8(10)12-6/h2*1-4H. The summed E-state index contributed by atoms with van der Waals surface area (Å²) in [5.74, 6) is -0.508. The van der Waals surface area contributed by atoms with Crippen molar-refractivity contribution < 1.29 is 4.39 Å². The molecule has 4 heterocycles. The van der Waals surface area contributed by atoms with Gasteiger partial charge in [-0.25, -0.2) is 19.9 Å². The zero-order chi connectivity index (χ0) is 17.1. The minimum absolute atomic E-state index is 0.385. The molecule has 4 aromatic rings. The Labute approximate surface area is 151 Å². The average molecular weight is 382 g/mol. The quantitative estimate of drug-likeness (QED) is 0.385. The molecule has 4 rings (SSSR count). The van der Waals surface area contributed by atoms with E-state index in [1.807, 2.05) is 0 Å². The lowest BCUT2D eigenvalue weighted by Gasteiger charge is -1.96. The van der Waals surface area contributed by atoms with Gasteiger partial charge in [-0.2, -0.15) is 4.39 Å². The third kappa shape index (κ3) is 4.06. The number of aromatic nitrogens is 4. The van der Waals surface area contributed by atoms with E-state index in [4.69, 9.17) is 34.8 Å². The maximum atomic E-state index is 12.6. The number of hydrogen-bond donors (Lipinski definition) is 0. The van der Waals surface area contributed by atoms with Gasteiger partial charge in [0.25, 0.3) is 0 Å². The van der Waals surface area contributed by atoms with Crippen molar-refractivity contribution in [2.75, 3.05) is 0 Å². The van der Waals surface area contributed by atoms with Crippen LogP contribution in [0, 0.1) is 5.95 Å². The molecule has 24 heavy (non-hydrogen) atoms. The fourth-order valence-corrected chi connectivity index (χ4v) is 2.38. The molecule has 4 aromatic heterocycles. The predicted molar refractivity (Wildman–Crippen MR) is 94.1 cm³/mol. The van der Waals surface area contributed by atoms with Gasteiger partial charge in [0.05, 0.1) is 22.1 Å². The summed E-state index contributed by atoms with van der Waals surface area (Å²) in [5, 5.41) is 1.31. The maximum absolute atomic E-state index is 12.6. The van der Waals surface area contributed by atoms with Gasteiger partial charge in [-0.3, -0.25) is 0 Å². The second-order valence-corrected chi connectivity index (χ2v) is 5.77. The topological polar surface area (TPSA) is 51.6 Å². The third-order valence-electron chi connectivity index (χ3n) is 2.95. The molecule has 0 atom stereocenters. The second kappa shape index (κ2) is 7.21. The van der Waals surface area contributed by atoms with Gasteiger partial charge in [-0.1, -0.05) is 34.8 Å². The van der Waals surface area contributed by atoms with E-state index < -0.39 is 5.95 Å². The molecule has 120 valence electrons. The van der Waals surface area contributed by atoms with E-state index in [2.05, 4.69) is 19.9 Å². The normalized spacial score (nSPS) is 10.5. The van der Waals surface area contributed by atoms with Crippen LogP contribution in [0.2, 0.25) is 15.5 Å². The molecule has 0 N–H and O–H groups in total. The molecule has 0 aromatic carbocycles. The number of hydrogen-bond acceptors (Lipinski definition) is 4. The first-order valence-electron chi connectivity index (χ1n) is 6.69. The van der Waals surface area contributed by atoms with Crippen LogP contribution in [-0.2, 0) is 0 Å². The summed E-state index contributed by atoms with van der Waals surface area (Å²) in [6.45, 7) is 0. The van der Waals surface area contributed by atoms with Gasteiger partial charge in [0.15, 0.2) is 0 Å². The lowest BCUT2D eigenvalue weighted by atomic mass is 10.3. The van der Waals surface area contributed by atoms with Crippen LogP contribution in [0.5, 0.6) is 0 Å². The third-order valence-corrected chi connectivity index (χ3v) is 3.58. The van der Waals surface area contributed by atoms with Gasteiger partial charge in [0.2, 0.25) is 5.95 Å². The molecule has 0 aliphatic carbocycles. The summed E-state index contributed by atoms with van der Waals surface area (Å²) in [5.41, 5.74) is 2.63. The van der Waals surface area contributed by atoms with E-state index in [9.17, 15) is 4.39 Å². The Hall–Kier alpha value is -2.08. The molecular weight excluding hydrogens is 374 g/mol. The van der Waals surface area contributed by atoms with E-state index in [0.29, 0.717) is 26.5 Å². The van der Waals surface area contributed by atoms with Crippen LogP contribution in [0.3, 0.4) is 0 Å². The van der Waals surface area contributed by atoms with Crippen molar-refractivity contribution in [3.63, 3.8) is 0 Å². The number of nitrogens with zero attached hydrogens (tertiary/aromatic N) is 4. The van der Waals surface area contributed by atoms with E-state index in [1.165, 1.54) is 6.07 Å². The minimum atomic E-state index is -0.508. The molecule has 0 unspecified atom stereocenters. The predicted octanol–water partition coefficient (Wildman–Crippen LogP) is 5.36. The largest absolute Gasteiger partial charge is 0.234 e. The molecule has 0 aliphatic rings. The number of fused-ring (bicyclic) bond motifs is 2. The molecule has 0 aliphatic heterocycles. The number of halogens is 4. The fourth-order valence-electron chi connectivity index (χ4n) is 1.92. The van der Waals surface area contributed by atoms with E-state index >= 15 is 0 Å². The molecule has 0 amide bonds. The SMILES string of the molecule is Clc1ccc2nc(Cl)ccc2n1.Fc1ccc2nc(Cl)ccc2n1. The van der Waals surface area contributed by atoms with Crippen molar-refractivity contribution in [2.24, 2.45) is 0 Å². The molecule has 4 nitrogen and oxygen atoms in total. The van der Waals surface area contributed by atoms with Crippen LogP contribution in [0.25, 0.3) is 22.1 Å². The van der Waals surface area contributed by atoms with E-state index in [1.54, 1.807) is 42.5 Å². The molecule has 0 spiro atoms. The Morgan fingerprint density at radius 2 is 0.833 bits per heavy atom. The first-order chi connectivity index (χ1) is 11.5. The maximum Gasteiger partial charge on any atom is 0.213 e. The highest BCUT2D eigenvalue weighted by Crippen LogP contribution is 2.16. The lowest BCUT2D eigenvalue weighted by molar-refractivity contribution is 0.589. The fraction of sp³-hybridized carbons (Fsp3) is 0. The van der Waals surface area contributed by atoms with Gasteiger partial charge in [-0.05, 0) is 48.5 Å². The number of pyridine rings is 4. The summed E-state index contributed by atoms with van der Waals surface area (Å²) in [6.07, 6.45) is 0. The first-order valence-corrected chi connectivity index (χ1v) is 7.82. The van der Waals surface area contributed by atoms with Crippen LogP contribution in [0.4, 0.5) is 4.39 Å². The van der Waals surface area contributed by atoms with Gasteiger partial charge in [0.1, 0.15) is 15.5 Å². The monoisotopic (exact) mass is 380 g/mol. The summed E-state index contributed by atoms with van der Waals surface area (Å²) in [6, 6.07) is 13.0. The molecular formula is C16H8Cl3FN4. The van der Waals surface area contributed by atoms with Crippen LogP contribution in [-0.4, -0.2) is 19.9 Å². The van der Waals surface area contributed by atoms with Crippen molar-refractivity contribution in [3.05, 3.63) is 69.9 Å². The van der Waals surface area contributed by atoms with Crippen molar-refractivity contribution >= 4 is 56.9 Å². The van der Waals surface area contributed by atoms with Crippen LogP contribution in [0.15, 0.2) is 48.5 Å². The van der Waals surface area contributed by atoms with Crippen LogP contribution in [0.1, 0.15) is 0 Å². The van der Waals surface area contributed by atoms with E-state index in [0.717, 1.165) is 11.0 Å². The van der Waals surface area contributed by atoms with Crippen molar-refractivity contribution in [1.29, 1.82) is 0 Å². The summed E-state index contributed by atoms with van der Waals surface area (Å²) >= 11 is 17.0. The smallest absolute Gasteiger partial charge is 0.213 e. The number of rotatable bonds is 0. The molecule has 0 saturated heterocycles. The zero-order valence-corrected chi connectivity index (χ0v) is 14.2. The van der Waals surface area contributed by atoms with Crippen molar-refractivity contribution in [2.45, 2.75) is 0 Å². The second-order valence-electron chi connectivity index (χ2n) is 4.61. The minimum Gasteiger partial charge on any atom is -0.234 e. The molecule has 0 radical (unpaired) electrons. The molecule has 8 heteroatoms. The molecule has 0 fully saturated rings. The van der Waals surface area contributed by atoms with Gasteiger partial charge < -0.3 is 0 Å². The molecule has 0 saturated carbocycles. The Bertz CT molecular complexity index is 861. The van der Waals surface area contributed by atoms with Gasteiger partial charge in [-0.15, -0.1) is 0 Å². The summed E-state index contributed by atoms with van der Waals surface area (Å²) in [4.78, 5) is 15.7. The summed E-state index contributed by atoms with van der Waals surface area (Å²) < 4.78 is 12.6. The van der Waals surface area contributed by atoms with Crippen LogP contribution < -0.4 is 0 Å². The van der Waals surface area contributed by atoms with Gasteiger partial charge in [0, 0.05) is 0 Å². The van der Waals surface area contributed by atoms with Gasteiger partial charge >= 0.3 is 0 Å². The highest BCUT2D eigenvalue weighted by atomic mass is 35.5. The molecule has 0 bridgehead atoms. The van der Waals surface area contributed by atoms with Crippen LogP contribution >= 0.6 is 34.8 Å². The van der Waals surface area contributed by atoms with Crippen molar-refractivity contribution in [3.8, 4) is 0 Å². The Balaban J connectivity index is 0.000000141. The Morgan fingerprint density at radius 3 is 1.25 bits per heavy atom. The summed E-state index contributed by atoms with van der Waals surface area (Å²) in [7, 11) is 0. The highest BCUT2D eigenvalue weighted by Gasteiger charge is 1.99. The van der Waals surface area contributed by atoms with E-state index in [-0.39, 0.29) is 0 Å². The Morgan fingerprint density at radius 1 is 0.500 bits per heavy atom. The van der Waals surface area contributed by atoms with Crippen molar-refractivity contribution in [1.82, 2.24) is 19.9 Å². The zero-order valence-electron chi connectivity index (χ0n) is 11.9. The highest BCUT2D eigenvalue weighted by molar-refractivity contribution is 6.30.